The third kappa shape index (κ3) is 2.99. The van der Waals surface area contributed by atoms with Crippen LogP contribution >= 0.6 is 15.9 Å². The maximum absolute atomic E-state index is 13.7. The number of aryl methyl sites for hydroxylation is 1. The predicted molar refractivity (Wildman–Crippen MR) is 70.4 cm³/mol. The average molecular weight is 365 g/mol. The Labute approximate surface area is 125 Å². The van der Waals surface area contributed by atoms with Gasteiger partial charge in [0.2, 0.25) is 5.78 Å². The second-order valence-electron chi connectivity index (χ2n) is 4.18. The number of aromatic nitrogens is 2. The summed E-state index contributed by atoms with van der Waals surface area (Å²) in [5, 5.41) is 3.89. The molecule has 0 bridgehead atoms. The van der Waals surface area contributed by atoms with Crippen molar-refractivity contribution in [1.82, 2.24) is 9.78 Å². The van der Waals surface area contributed by atoms with Crippen molar-refractivity contribution in [2.24, 2.45) is 0 Å². The fraction of sp³-hybridized carbons (Fsp3) is 0.231. The minimum atomic E-state index is -4.65. The van der Waals surface area contributed by atoms with Crippen LogP contribution in [-0.4, -0.2) is 15.6 Å². The summed E-state index contributed by atoms with van der Waals surface area (Å²) in [5.74, 6) is -1.87. The molecule has 0 saturated carbocycles. The monoisotopic (exact) mass is 364 g/mol. The van der Waals surface area contributed by atoms with Gasteiger partial charge in [0.1, 0.15) is 11.5 Å². The van der Waals surface area contributed by atoms with Crippen LogP contribution in [0.4, 0.5) is 17.6 Å². The van der Waals surface area contributed by atoms with Crippen LogP contribution in [0.15, 0.2) is 28.9 Å². The number of alkyl halides is 3. The number of hydrogen-bond acceptors (Lipinski definition) is 2. The summed E-state index contributed by atoms with van der Waals surface area (Å²) in [6.07, 6.45) is -3.31. The number of ketones is 1. The van der Waals surface area contributed by atoms with Gasteiger partial charge in [0, 0.05) is 6.54 Å². The maximum Gasteiger partial charge on any atom is 0.416 e. The van der Waals surface area contributed by atoms with Gasteiger partial charge >= 0.3 is 6.18 Å². The molecule has 112 valence electrons. The van der Waals surface area contributed by atoms with Gasteiger partial charge in [0.15, 0.2) is 0 Å². The molecule has 0 fully saturated rings. The van der Waals surface area contributed by atoms with Crippen molar-refractivity contribution in [3.8, 4) is 0 Å². The number of benzene rings is 1. The lowest BCUT2D eigenvalue weighted by Crippen LogP contribution is -2.14. The third-order valence-corrected chi connectivity index (χ3v) is 3.43. The molecule has 1 aromatic heterocycles. The van der Waals surface area contributed by atoms with E-state index < -0.39 is 28.9 Å². The fourth-order valence-corrected chi connectivity index (χ4v) is 2.31. The van der Waals surface area contributed by atoms with Crippen LogP contribution in [0.25, 0.3) is 0 Å². The van der Waals surface area contributed by atoms with E-state index >= 15 is 0 Å². The van der Waals surface area contributed by atoms with Crippen molar-refractivity contribution in [3.63, 3.8) is 0 Å². The molecule has 0 spiro atoms. The Hall–Kier alpha value is -1.70. The van der Waals surface area contributed by atoms with Crippen molar-refractivity contribution in [2.75, 3.05) is 0 Å². The molecule has 0 aliphatic rings. The van der Waals surface area contributed by atoms with E-state index in [4.69, 9.17) is 0 Å². The number of nitrogens with zero attached hydrogens (tertiary/aromatic N) is 2. The summed E-state index contributed by atoms with van der Waals surface area (Å²) in [7, 11) is 0. The van der Waals surface area contributed by atoms with Gasteiger partial charge in [-0.25, -0.2) is 4.39 Å². The SMILES string of the molecule is CCn1ncc(Br)c1C(=O)c1cc(C(F)(F)F)ccc1F. The quantitative estimate of drug-likeness (QED) is 0.608. The Balaban J connectivity index is 2.55. The van der Waals surface area contributed by atoms with Gasteiger partial charge in [0.05, 0.1) is 21.8 Å². The minimum Gasteiger partial charge on any atom is -0.287 e. The normalized spacial score (nSPS) is 11.7. The number of halogens is 5. The zero-order valence-electron chi connectivity index (χ0n) is 10.7. The van der Waals surface area contributed by atoms with Crippen LogP contribution in [0.2, 0.25) is 0 Å². The zero-order valence-corrected chi connectivity index (χ0v) is 12.3. The largest absolute Gasteiger partial charge is 0.416 e. The number of carbonyl (C=O) groups is 1. The molecule has 2 aromatic rings. The summed E-state index contributed by atoms with van der Waals surface area (Å²) in [6, 6.07) is 1.74. The molecule has 21 heavy (non-hydrogen) atoms. The Kier molecular flexibility index (Phi) is 4.18. The van der Waals surface area contributed by atoms with E-state index in [1.54, 1.807) is 6.92 Å². The van der Waals surface area contributed by atoms with Crippen LogP contribution in [-0.2, 0) is 12.7 Å². The van der Waals surface area contributed by atoms with E-state index in [0.29, 0.717) is 29.2 Å². The van der Waals surface area contributed by atoms with Gasteiger partial charge in [-0.15, -0.1) is 0 Å². The summed E-state index contributed by atoms with van der Waals surface area (Å²) >= 11 is 3.09. The maximum atomic E-state index is 13.7. The van der Waals surface area contributed by atoms with Gasteiger partial charge in [0.25, 0.3) is 0 Å². The summed E-state index contributed by atoms with van der Waals surface area (Å²) in [5.41, 5.74) is -1.71. The number of rotatable bonds is 3. The molecule has 1 aromatic carbocycles. The summed E-state index contributed by atoms with van der Waals surface area (Å²) in [6.45, 7) is 2.03. The van der Waals surface area contributed by atoms with E-state index in [1.807, 2.05) is 0 Å². The first-order valence-corrected chi connectivity index (χ1v) is 6.67. The van der Waals surface area contributed by atoms with Crippen LogP contribution in [0.1, 0.15) is 28.5 Å². The molecular weight excluding hydrogens is 356 g/mol. The van der Waals surface area contributed by atoms with Gasteiger partial charge in [-0.2, -0.15) is 18.3 Å². The highest BCUT2D eigenvalue weighted by Gasteiger charge is 2.32. The summed E-state index contributed by atoms with van der Waals surface area (Å²) < 4.78 is 53.3. The first-order valence-electron chi connectivity index (χ1n) is 5.88. The van der Waals surface area contributed by atoms with Gasteiger partial charge < -0.3 is 0 Å². The number of carbonyl (C=O) groups excluding carboxylic acids is 1. The first kappa shape index (κ1) is 15.7. The Bertz CT molecular complexity index is 694. The van der Waals surface area contributed by atoms with E-state index in [-0.39, 0.29) is 5.69 Å². The van der Waals surface area contributed by atoms with E-state index in [1.165, 1.54) is 10.9 Å². The van der Waals surface area contributed by atoms with Gasteiger partial charge in [-0.1, -0.05) is 0 Å². The molecule has 0 aliphatic carbocycles. The lowest BCUT2D eigenvalue weighted by atomic mass is 10.0. The lowest BCUT2D eigenvalue weighted by molar-refractivity contribution is -0.137. The highest BCUT2D eigenvalue weighted by Crippen LogP contribution is 2.31. The zero-order chi connectivity index (χ0) is 15.8. The second kappa shape index (κ2) is 5.59. The van der Waals surface area contributed by atoms with E-state index in [2.05, 4.69) is 21.0 Å². The van der Waals surface area contributed by atoms with E-state index in [9.17, 15) is 22.4 Å². The highest BCUT2D eigenvalue weighted by molar-refractivity contribution is 9.10. The second-order valence-corrected chi connectivity index (χ2v) is 5.03. The molecule has 0 amide bonds. The molecule has 3 nitrogen and oxygen atoms in total. The van der Waals surface area contributed by atoms with Crippen LogP contribution < -0.4 is 0 Å². The Morgan fingerprint density at radius 3 is 2.62 bits per heavy atom. The van der Waals surface area contributed by atoms with Crippen molar-refractivity contribution >= 4 is 21.7 Å². The molecule has 8 heteroatoms. The first-order chi connectivity index (χ1) is 9.75. The molecule has 0 unspecified atom stereocenters. The molecule has 0 radical (unpaired) electrons. The standard InChI is InChI=1S/C13H9BrF4N2O/c1-2-20-11(9(14)6-19-20)12(21)8-5-7(13(16,17)18)3-4-10(8)15/h3-6H,2H2,1H3. The van der Waals surface area contributed by atoms with Crippen molar-refractivity contribution in [3.05, 3.63) is 51.5 Å². The van der Waals surface area contributed by atoms with Crippen LogP contribution in [0, 0.1) is 5.82 Å². The number of hydrogen-bond donors (Lipinski definition) is 0. The molecular formula is C13H9BrF4N2O. The van der Waals surface area contributed by atoms with Crippen molar-refractivity contribution in [2.45, 2.75) is 19.6 Å². The van der Waals surface area contributed by atoms with Crippen molar-refractivity contribution in [1.29, 1.82) is 0 Å². The highest BCUT2D eigenvalue weighted by atomic mass is 79.9. The average Bonchev–Trinajstić information content (AvgIpc) is 2.78. The van der Waals surface area contributed by atoms with Crippen LogP contribution in [0.5, 0.6) is 0 Å². The predicted octanol–water partition coefficient (Wildman–Crippen LogP) is 4.05. The van der Waals surface area contributed by atoms with Gasteiger partial charge in [-0.3, -0.25) is 9.48 Å². The smallest absolute Gasteiger partial charge is 0.287 e. The molecule has 0 aliphatic heterocycles. The molecule has 0 saturated heterocycles. The van der Waals surface area contributed by atoms with Crippen LogP contribution in [0.3, 0.4) is 0 Å². The molecule has 0 N–H and O–H groups in total. The van der Waals surface area contributed by atoms with E-state index in [0.717, 1.165) is 0 Å². The fourth-order valence-electron chi connectivity index (χ4n) is 1.83. The molecule has 1 heterocycles. The Morgan fingerprint density at radius 1 is 1.38 bits per heavy atom. The molecule has 0 atom stereocenters. The topological polar surface area (TPSA) is 34.9 Å². The third-order valence-electron chi connectivity index (χ3n) is 2.85. The Morgan fingerprint density at radius 2 is 2.05 bits per heavy atom. The lowest BCUT2D eigenvalue weighted by Gasteiger charge is -2.10. The van der Waals surface area contributed by atoms with Crippen molar-refractivity contribution < 1.29 is 22.4 Å². The minimum absolute atomic E-state index is 0.00993. The summed E-state index contributed by atoms with van der Waals surface area (Å²) in [4.78, 5) is 12.3. The van der Waals surface area contributed by atoms with Gasteiger partial charge in [-0.05, 0) is 41.1 Å². The molecule has 2 rings (SSSR count).